The van der Waals surface area contributed by atoms with Crippen molar-refractivity contribution < 1.29 is 14.0 Å². The Morgan fingerprint density at radius 2 is 1.83 bits per heavy atom. The summed E-state index contributed by atoms with van der Waals surface area (Å²) in [5, 5.41) is 5.22. The molecule has 5 rings (SSSR count). The van der Waals surface area contributed by atoms with Gasteiger partial charge >= 0.3 is 0 Å². The molecule has 0 fully saturated rings. The molecular formula is C25H20N2O3. The highest BCUT2D eigenvalue weighted by atomic mass is 16.3. The Balaban J connectivity index is 1.32. The van der Waals surface area contributed by atoms with Crippen LogP contribution in [0.1, 0.15) is 21.7 Å². The number of furan rings is 1. The third-order valence-electron chi connectivity index (χ3n) is 5.47. The molecule has 0 radical (unpaired) electrons. The second-order valence-electron chi connectivity index (χ2n) is 7.39. The molecule has 0 atom stereocenters. The predicted molar refractivity (Wildman–Crippen MR) is 117 cm³/mol. The summed E-state index contributed by atoms with van der Waals surface area (Å²) in [4.78, 5) is 27.0. The number of anilines is 2. The van der Waals surface area contributed by atoms with E-state index in [-0.39, 0.29) is 11.8 Å². The lowest BCUT2D eigenvalue weighted by Gasteiger charge is -2.16. The monoisotopic (exact) mass is 396 g/mol. The average Bonchev–Trinajstić information content (AvgIpc) is 3.43. The molecule has 2 heterocycles. The fourth-order valence-corrected chi connectivity index (χ4v) is 4.05. The number of rotatable bonds is 4. The average molecular weight is 396 g/mol. The van der Waals surface area contributed by atoms with Gasteiger partial charge in [-0.25, -0.2) is 0 Å². The van der Waals surface area contributed by atoms with Crippen LogP contribution in [0.5, 0.6) is 0 Å². The summed E-state index contributed by atoms with van der Waals surface area (Å²) in [5.74, 6) is 0.120. The van der Waals surface area contributed by atoms with Gasteiger partial charge < -0.3 is 14.6 Å². The molecule has 5 heteroatoms. The largest absolute Gasteiger partial charge is 0.459 e. The quantitative estimate of drug-likeness (QED) is 0.538. The van der Waals surface area contributed by atoms with E-state index in [2.05, 4.69) is 5.32 Å². The molecule has 1 aliphatic heterocycles. The van der Waals surface area contributed by atoms with Gasteiger partial charge in [0, 0.05) is 17.9 Å². The molecule has 0 saturated carbocycles. The van der Waals surface area contributed by atoms with Gasteiger partial charge in [-0.15, -0.1) is 0 Å². The maximum atomic E-state index is 12.7. The van der Waals surface area contributed by atoms with Crippen molar-refractivity contribution in [3.05, 3.63) is 95.9 Å². The number of carbonyl (C=O) groups excluding carboxylic acids is 2. The van der Waals surface area contributed by atoms with Crippen molar-refractivity contribution in [3.8, 4) is 0 Å². The van der Waals surface area contributed by atoms with Gasteiger partial charge in [-0.1, -0.05) is 42.5 Å². The minimum absolute atomic E-state index is 0.0622. The zero-order valence-electron chi connectivity index (χ0n) is 16.3. The highest BCUT2D eigenvalue weighted by Gasteiger charge is 2.27. The van der Waals surface area contributed by atoms with Crippen LogP contribution in [-0.4, -0.2) is 18.4 Å². The van der Waals surface area contributed by atoms with Crippen molar-refractivity contribution in [2.45, 2.75) is 12.8 Å². The number of hydrogen-bond donors (Lipinski definition) is 1. The van der Waals surface area contributed by atoms with Crippen LogP contribution in [0.25, 0.3) is 10.8 Å². The van der Waals surface area contributed by atoms with Crippen molar-refractivity contribution in [1.82, 2.24) is 0 Å². The van der Waals surface area contributed by atoms with Crippen molar-refractivity contribution in [2.75, 3.05) is 16.8 Å². The number of fused-ring (bicyclic) bond motifs is 2. The van der Waals surface area contributed by atoms with E-state index >= 15 is 0 Å². The number of carbonyl (C=O) groups is 2. The van der Waals surface area contributed by atoms with Crippen LogP contribution in [0.15, 0.2) is 83.5 Å². The first-order chi connectivity index (χ1) is 14.7. The van der Waals surface area contributed by atoms with Crippen LogP contribution in [0.3, 0.4) is 0 Å². The SMILES string of the molecule is O=C(Cc1cccc2ccccc12)Nc1ccc2c(c1)CCN2C(=O)c1ccco1. The normalized spacial score (nSPS) is 12.7. The molecule has 30 heavy (non-hydrogen) atoms. The minimum atomic E-state index is -0.147. The van der Waals surface area contributed by atoms with E-state index in [4.69, 9.17) is 4.42 Å². The first-order valence-corrected chi connectivity index (χ1v) is 9.94. The Kier molecular flexibility index (Phi) is 4.56. The van der Waals surface area contributed by atoms with Crippen LogP contribution in [0.2, 0.25) is 0 Å². The fourth-order valence-electron chi connectivity index (χ4n) is 4.05. The van der Waals surface area contributed by atoms with Gasteiger partial charge in [0.2, 0.25) is 5.91 Å². The smallest absolute Gasteiger partial charge is 0.293 e. The first-order valence-electron chi connectivity index (χ1n) is 9.94. The topological polar surface area (TPSA) is 62.6 Å². The number of nitrogens with one attached hydrogen (secondary N) is 1. The summed E-state index contributed by atoms with van der Waals surface area (Å²) in [7, 11) is 0. The van der Waals surface area contributed by atoms with Gasteiger partial charge in [0.15, 0.2) is 5.76 Å². The van der Waals surface area contributed by atoms with Crippen molar-refractivity contribution in [1.29, 1.82) is 0 Å². The fraction of sp³-hybridized carbons (Fsp3) is 0.120. The maximum Gasteiger partial charge on any atom is 0.293 e. The zero-order valence-corrected chi connectivity index (χ0v) is 16.3. The van der Waals surface area contributed by atoms with Gasteiger partial charge in [-0.3, -0.25) is 9.59 Å². The van der Waals surface area contributed by atoms with E-state index < -0.39 is 0 Å². The predicted octanol–water partition coefficient (Wildman–Crippen LogP) is 4.82. The summed E-state index contributed by atoms with van der Waals surface area (Å²) in [6, 6.07) is 23.1. The summed E-state index contributed by atoms with van der Waals surface area (Å²) in [5.41, 5.74) is 3.65. The van der Waals surface area contributed by atoms with E-state index in [1.54, 1.807) is 17.0 Å². The first kappa shape index (κ1) is 18.2. The summed E-state index contributed by atoms with van der Waals surface area (Å²) < 4.78 is 5.24. The highest BCUT2D eigenvalue weighted by Crippen LogP contribution is 2.32. The molecule has 0 saturated heterocycles. The molecule has 1 N–H and O–H groups in total. The summed E-state index contributed by atoms with van der Waals surface area (Å²) in [6.07, 6.45) is 2.55. The Morgan fingerprint density at radius 3 is 2.70 bits per heavy atom. The van der Waals surface area contributed by atoms with E-state index in [1.165, 1.54) is 6.26 Å². The van der Waals surface area contributed by atoms with Crippen LogP contribution in [-0.2, 0) is 17.6 Å². The van der Waals surface area contributed by atoms with Crippen LogP contribution in [0.4, 0.5) is 11.4 Å². The van der Waals surface area contributed by atoms with Crippen molar-refractivity contribution in [3.63, 3.8) is 0 Å². The Morgan fingerprint density at radius 1 is 0.967 bits per heavy atom. The molecule has 0 aliphatic carbocycles. The molecule has 5 nitrogen and oxygen atoms in total. The standard InChI is InChI=1S/C25H20N2O3/c28-24(16-18-7-3-6-17-5-1-2-8-21(17)18)26-20-10-11-22-19(15-20)12-13-27(22)25(29)23-9-4-14-30-23/h1-11,14-15H,12-13,16H2,(H,26,28). The molecular weight excluding hydrogens is 376 g/mol. The van der Waals surface area contributed by atoms with Crippen LogP contribution in [0, 0.1) is 0 Å². The maximum absolute atomic E-state index is 12.7. The van der Waals surface area contributed by atoms with E-state index in [1.807, 2.05) is 60.7 Å². The highest BCUT2D eigenvalue weighted by molar-refractivity contribution is 6.06. The van der Waals surface area contributed by atoms with Gasteiger partial charge in [-0.05, 0) is 58.7 Å². The number of nitrogens with zero attached hydrogens (tertiary/aromatic N) is 1. The van der Waals surface area contributed by atoms with Crippen LogP contribution >= 0.6 is 0 Å². The minimum Gasteiger partial charge on any atom is -0.459 e. The lowest BCUT2D eigenvalue weighted by Crippen LogP contribution is -2.28. The molecule has 0 unspecified atom stereocenters. The van der Waals surface area contributed by atoms with E-state index in [0.29, 0.717) is 18.7 Å². The number of benzene rings is 3. The molecule has 1 aliphatic rings. The van der Waals surface area contributed by atoms with Crippen molar-refractivity contribution in [2.24, 2.45) is 0 Å². The van der Waals surface area contributed by atoms with Crippen molar-refractivity contribution >= 4 is 34.0 Å². The number of hydrogen-bond acceptors (Lipinski definition) is 3. The Labute approximate surface area is 173 Å². The lowest BCUT2D eigenvalue weighted by atomic mass is 10.0. The van der Waals surface area contributed by atoms with E-state index in [0.717, 1.165) is 39.7 Å². The molecule has 4 aromatic rings. The van der Waals surface area contributed by atoms with Gasteiger partial charge in [0.1, 0.15) is 0 Å². The van der Waals surface area contributed by atoms with Gasteiger partial charge in [-0.2, -0.15) is 0 Å². The molecule has 3 aromatic carbocycles. The summed E-state index contributed by atoms with van der Waals surface area (Å²) >= 11 is 0. The summed E-state index contributed by atoms with van der Waals surface area (Å²) in [6.45, 7) is 0.599. The molecule has 0 bridgehead atoms. The second kappa shape index (κ2) is 7.52. The van der Waals surface area contributed by atoms with Crippen LogP contribution < -0.4 is 10.2 Å². The zero-order chi connectivity index (χ0) is 20.5. The Hall–Kier alpha value is -3.86. The third-order valence-corrected chi connectivity index (χ3v) is 5.47. The molecule has 2 amide bonds. The second-order valence-corrected chi connectivity index (χ2v) is 7.39. The number of amides is 2. The molecule has 1 aromatic heterocycles. The Bertz CT molecular complexity index is 1240. The van der Waals surface area contributed by atoms with E-state index in [9.17, 15) is 9.59 Å². The third kappa shape index (κ3) is 3.35. The lowest BCUT2D eigenvalue weighted by molar-refractivity contribution is -0.115. The molecule has 148 valence electrons. The van der Waals surface area contributed by atoms with Gasteiger partial charge in [0.05, 0.1) is 12.7 Å². The molecule has 0 spiro atoms. The van der Waals surface area contributed by atoms with Gasteiger partial charge in [0.25, 0.3) is 5.91 Å².